The number of halogens is 1. The van der Waals surface area contributed by atoms with E-state index in [4.69, 9.17) is 11.6 Å². The van der Waals surface area contributed by atoms with Gasteiger partial charge in [0.1, 0.15) is 6.04 Å². The van der Waals surface area contributed by atoms with E-state index in [-0.39, 0.29) is 4.90 Å². The van der Waals surface area contributed by atoms with Gasteiger partial charge in [0.05, 0.1) is 4.90 Å². The summed E-state index contributed by atoms with van der Waals surface area (Å²) in [4.78, 5) is 12.8. The molecule has 2 rings (SSSR count). The fourth-order valence-electron chi connectivity index (χ4n) is 2.28. The molecule has 1 amide bonds. The van der Waals surface area contributed by atoms with E-state index in [1.165, 1.54) is 12.1 Å². The van der Waals surface area contributed by atoms with E-state index in [1.54, 1.807) is 48.2 Å². The predicted molar refractivity (Wildman–Crippen MR) is 108 cm³/mol. The van der Waals surface area contributed by atoms with Crippen LogP contribution in [0.25, 0.3) is 0 Å². The summed E-state index contributed by atoms with van der Waals surface area (Å²) in [5.41, 5.74) is 1.41. The minimum atomic E-state index is -3.79. The minimum absolute atomic E-state index is 0.126. The molecule has 0 spiro atoms. The zero-order valence-electron chi connectivity index (χ0n) is 14.5. The number of carbonyl (C=O) groups is 1. The molecule has 8 heteroatoms. The Bertz CT molecular complexity index is 858. The van der Waals surface area contributed by atoms with Crippen molar-refractivity contribution in [1.82, 2.24) is 4.72 Å². The summed E-state index contributed by atoms with van der Waals surface area (Å²) in [6, 6.07) is 12.3. The van der Waals surface area contributed by atoms with Crippen molar-refractivity contribution >= 4 is 45.0 Å². The zero-order chi connectivity index (χ0) is 19.2. The molecule has 0 aliphatic rings. The van der Waals surface area contributed by atoms with E-state index in [2.05, 4.69) is 10.0 Å². The van der Waals surface area contributed by atoms with Crippen LogP contribution >= 0.6 is 23.4 Å². The number of benzene rings is 2. The Morgan fingerprint density at radius 3 is 2.54 bits per heavy atom. The third-order valence-electron chi connectivity index (χ3n) is 3.74. The van der Waals surface area contributed by atoms with Crippen LogP contribution in [0.3, 0.4) is 0 Å². The second-order valence-corrected chi connectivity index (χ2v) is 8.85. The molecule has 0 saturated heterocycles. The smallest absolute Gasteiger partial charge is 0.242 e. The lowest BCUT2D eigenvalue weighted by Crippen LogP contribution is -2.44. The molecule has 0 unspecified atom stereocenters. The van der Waals surface area contributed by atoms with Gasteiger partial charge in [0, 0.05) is 10.7 Å². The molecule has 5 nitrogen and oxygen atoms in total. The van der Waals surface area contributed by atoms with Crippen molar-refractivity contribution in [3.8, 4) is 0 Å². The van der Waals surface area contributed by atoms with Crippen molar-refractivity contribution < 1.29 is 13.2 Å². The number of nitrogens with one attached hydrogen (secondary N) is 2. The lowest BCUT2D eigenvalue weighted by atomic mass is 10.1. The largest absolute Gasteiger partial charge is 0.324 e. The van der Waals surface area contributed by atoms with E-state index < -0.39 is 22.0 Å². The van der Waals surface area contributed by atoms with E-state index in [1.807, 2.05) is 13.2 Å². The van der Waals surface area contributed by atoms with Crippen LogP contribution in [0.1, 0.15) is 12.0 Å². The standard InChI is InChI=1S/C18H21ClN2O3S2/c1-13-8-9-14(19)12-17(13)20-18(22)16(10-11-25-2)21-26(23,24)15-6-4-3-5-7-15/h3-9,12,16,21H,10-11H2,1-2H3,(H,20,22)/t16-/m1/s1. The van der Waals surface area contributed by atoms with Crippen molar-refractivity contribution in [2.45, 2.75) is 24.3 Å². The van der Waals surface area contributed by atoms with Gasteiger partial charge in [-0.3, -0.25) is 4.79 Å². The molecule has 0 aromatic heterocycles. The van der Waals surface area contributed by atoms with Crippen molar-refractivity contribution in [2.24, 2.45) is 0 Å². The van der Waals surface area contributed by atoms with Crippen LogP contribution < -0.4 is 10.0 Å². The highest BCUT2D eigenvalue weighted by atomic mass is 35.5. The number of carbonyl (C=O) groups excluding carboxylic acids is 1. The maximum atomic E-state index is 12.7. The van der Waals surface area contributed by atoms with E-state index >= 15 is 0 Å². The molecule has 2 aromatic rings. The monoisotopic (exact) mass is 412 g/mol. The topological polar surface area (TPSA) is 75.3 Å². The minimum Gasteiger partial charge on any atom is -0.324 e. The number of aryl methyl sites for hydroxylation is 1. The van der Waals surface area contributed by atoms with Crippen LogP contribution in [-0.2, 0) is 14.8 Å². The molecule has 0 aliphatic carbocycles. The number of sulfonamides is 1. The van der Waals surface area contributed by atoms with Gasteiger partial charge >= 0.3 is 0 Å². The molecule has 0 fully saturated rings. The van der Waals surface area contributed by atoms with Crippen LogP contribution in [0.5, 0.6) is 0 Å². The molecule has 2 aromatic carbocycles. The molecule has 26 heavy (non-hydrogen) atoms. The Morgan fingerprint density at radius 1 is 1.19 bits per heavy atom. The first-order valence-electron chi connectivity index (χ1n) is 7.97. The Morgan fingerprint density at radius 2 is 1.88 bits per heavy atom. The zero-order valence-corrected chi connectivity index (χ0v) is 16.9. The number of hydrogen-bond donors (Lipinski definition) is 2. The van der Waals surface area contributed by atoms with Crippen molar-refractivity contribution in [2.75, 3.05) is 17.3 Å². The van der Waals surface area contributed by atoms with Gasteiger partial charge < -0.3 is 5.32 Å². The van der Waals surface area contributed by atoms with E-state index in [0.717, 1.165) is 5.56 Å². The fraction of sp³-hybridized carbons (Fsp3) is 0.278. The second kappa shape index (κ2) is 9.41. The molecule has 0 heterocycles. The SMILES string of the molecule is CSCC[C@@H](NS(=O)(=O)c1ccccc1)C(=O)Nc1cc(Cl)ccc1C. The first-order chi connectivity index (χ1) is 12.3. The van der Waals surface area contributed by atoms with E-state index in [9.17, 15) is 13.2 Å². The maximum absolute atomic E-state index is 12.7. The third kappa shape index (κ3) is 5.74. The van der Waals surface area contributed by atoms with E-state index in [0.29, 0.717) is 22.9 Å². The molecule has 140 valence electrons. The first kappa shape index (κ1) is 20.8. The molecular weight excluding hydrogens is 392 g/mol. The Balaban J connectivity index is 2.20. The molecule has 0 saturated carbocycles. The summed E-state index contributed by atoms with van der Waals surface area (Å²) in [6.45, 7) is 1.84. The van der Waals surface area contributed by atoms with Gasteiger partial charge in [0.15, 0.2) is 0 Å². The summed E-state index contributed by atoms with van der Waals surface area (Å²) in [7, 11) is -3.79. The van der Waals surface area contributed by atoms with Crippen LogP contribution in [0.4, 0.5) is 5.69 Å². The van der Waals surface area contributed by atoms with Crippen LogP contribution in [-0.4, -0.2) is 32.4 Å². The van der Waals surface area contributed by atoms with Gasteiger partial charge in [0.25, 0.3) is 0 Å². The third-order valence-corrected chi connectivity index (χ3v) is 6.10. The summed E-state index contributed by atoms with van der Waals surface area (Å²) in [6.07, 6.45) is 2.28. The average molecular weight is 413 g/mol. The summed E-state index contributed by atoms with van der Waals surface area (Å²) in [5, 5.41) is 3.27. The Hall–Kier alpha value is -1.54. The van der Waals surface area contributed by atoms with Crippen molar-refractivity contribution in [1.29, 1.82) is 0 Å². The van der Waals surface area contributed by atoms with Gasteiger partial charge in [-0.1, -0.05) is 35.9 Å². The van der Waals surface area contributed by atoms with Gasteiger partial charge in [-0.2, -0.15) is 16.5 Å². The quantitative estimate of drug-likeness (QED) is 0.693. The molecule has 1 atom stereocenters. The highest BCUT2D eigenvalue weighted by Crippen LogP contribution is 2.21. The highest BCUT2D eigenvalue weighted by molar-refractivity contribution is 7.98. The normalized spacial score (nSPS) is 12.6. The molecular formula is C18H21ClN2O3S2. The first-order valence-corrected chi connectivity index (χ1v) is 11.2. The van der Waals surface area contributed by atoms with Crippen LogP contribution in [0.2, 0.25) is 5.02 Å². The number of rotatable bonds is 8. The number of amides is 1. The van der Waals surface area contributed by atoms with Gasteiger partial charge in [-0.05, 0) is 55.2 Å². The lowest BCUT2D eigenvalue weighted by Gasteiger charge is -2.19. The number of hydrogen-bond acceptors (Lipinski definition) is 4. The average Bonchev–Trinajstić information content (AvgIpc) is 2.62. The highest BCUT2D eigenvalue weighted by Gasteiger charge is 2.25. The van der Waals surface area contributed by atoms with Crippen molar-refractivity contribution in [3.05, 3.63) is 59.1 Å². The van der Waals surface area contributed by atoms with Gasteiger partial charge in [0.2, 0.25) is 15.9 Å². The Kier molecular flexibility index (Phi) is 7.52. The molecule has 2 N–H and O–H groups in total. The van der Waals surface area contributed by atoms with Gasteiger partial charge in [-0.25, -0.2) is 8.42 Å². The van der Waals surface area contributed by atoms with Crippen LogP contribution in [0, 0.1) is 6.92 Å². The van der Waals surface area contributed by atoms with Gasteiger partial charge in [-0.15, -0.1) is 0 Å². The van der Waals surface area contributed by atoms with Crippen LogP contribution in [0.15, 0.2) is 53.4 Å². The second-order valence-electron chi connectivity index (χ2n) is 5.72. The maximum Gasteiger partial charge on any atom is 0.242 e. The fourth-order valence-corrected chi connectivity index (χ4v) is 4.18. The Labute approximate surface area is 163 Å². The molecule has 0 bridgehead atoms. The number of thioether (sulfide) groups is 1. The predicted octanol–water partition coefficient (Wildman–Crippen LogP) is 3.69. The summed E-state index contributed by atoms with van der Waals surface area (Å²) < 4.78 is 27.6. The van der Waals surface area contributed by atoms with Crippen molar-refractivity contribution in [3.63, 3.8) is 0 Å². The number of anilines is 1. The molecule has 0 aliphatic heterocycles. The molecule has 0 radical (unpaired) electrons. The lowest BCUT2D eigenvalue weighted by molar-refractivity contribution is -0.117. The summed E-state index contributed by atoms with van der Waals surface area (Å²) in [5.74, 6) is 0.230. The summed E-state index contributed by atoms with van der Waals surface area (Å²) >= 11 is 7.53.